The molecular weight excluding hydrogens is 284 g/mol. The summed E-state index contributed by atoms with van der Waals surface area (Å²) in [5.41, 5.74) is 3.96. The Morgan fingerprint density at radius 1 is 1.24 bits per heavy atom. The van der Waals surface area contributed by atoms with Crippen LogP contribution in [0.25, 0.3) is 0 Å². The summed E-state index contributed by atoms with van der Waals surface area (Å²) in [7, 11) is 0. The van der Waals surface area contributed by atoms with E-state index in [0.29, 0.717) is 18.1 Å². The van der Waals surface area contributed by atoms with Crippen LogP contribution in [-0.4, -0.2) is 12.4 Å². The molecule has 3 heteroatoms. The van der Waals surface area contributed by atoms with Crippen LogP contribution < -0.4 is 4.74 Å². The molecule has 1 aliphatic rings. The van der Waals surface area contributed by atoms with Gasteiger partial charge in [0.05, 0.1) is 6.61 Å². The van der Waals surface area contributed by atoms with E-state index < -0.39 is 0 Å². The second-order valence-corrected chi connectivity index (χ2v) is 5.74. The third-order valence-corrected chi connectivity index (χ3v) is 4.08. The monoisotopic (exact) mass is 300 g/mol. The molecule has 0 aromatic heterocycles. The Kier molecular flexibility index (Phi) is 3.98. The number of hydrogen-bond acceptors (Lipinski definition) is 2. The molecule has 0 radical (unpaired) electrons. The zero-order chi connectivity index (χ0) is 14.8. The van der Waals surface area contributed by atoms with E-state index in [0.717, 1.165) is 35.3 Å². The first-order valence-corrected chi connectivity index (χ1v) is 7.61. The summed E-state index contributed by atoms with van der Waals surface area (Å²) in [6.45, 7) is 2.77. The molecule has 0 spiro atoms. The van der Waals surface area contributed by atoms with Crippen molar-refractivity contribution in [2.75, 3.05) is 6.61 Å². The highest BCUT2D eigenvalue weighted by atomic mass is 35.5. The first-order chi connectivity index (χ1) is 10.2. The van der Waals surface area contributed by atoms with Crippen molar-refractivity contribution in [1.29, 1.82) is 0 Å². The summed E-state index contributed by atoms with van der Waals surface area (Å²) in [5, 5.41) is 0.670. The fourth-order valence-corrected chi connectivity index (χ4v) is 2.94. The van der Waals surface area contributed by atoms with Crippen LogP contribution in [0.4, 0.5) is 0 Å². The molecule has 0 atom stereocenters. The van der Waals surface area contributed by atoms with Crippen LogP contribution in [0, 0.1) is 0 Å². The average molecular weight is 301 g/mol. The van der Waals surface area contributed by atoms with Crippen LogP contribution in [-0.2, 0) is 19.3 Å². The number of carbonyl (C=O) groups is 1. The van der Waals surface area contributed by atoms with Gasteiger partial charge in [-0.15, -0.1) is 0 Å². The molecule has 0 saturated heterocycles. The highest BCUT2D eigenvalue weighted by Crippen LogP contribution is 2.33. The number of halogens is 1. The molecule has 108 valence electrons. The molecule has 1 heterocycles. The Morgan fingerprint density at radius 2 is 2.00 bits per heavy atom. The summed E-state index contributed by atoms with van der Waals surface area (Å²) in [6, 6.07) is 11.6. The zero-order valence-corrected chi connectivity index (χ0v) is 12.7. The standard InChI is InChI=1S/C18H17ClO2/c1-2-12-3-5-13(6-4-12)17(20)11-15-10-16(19)9-14-7-8-21-18(14)15/h3-6,9-10H,2,7-8,11H2,1H3. The summed E-state index contributed by atoms with van der Waals surface area (Å²) in [6.07, 6.45) is 2.17. The van der Waals surface area contributed by atoms with Gasteiger partial charge in [0.25, 0.3) is 0 Å². The van der Waals surface area contributed by atoms with Gasteiger partial charge in [-0.25, -0.2) is 0 Å². The normalized spacial score (nSPS) is 12.9. The van der Waals surface area contributed by atoms with E-state index in [1.165, 1.54) is 5.56 Å². The Labute approximate surface area is 129 Å². The second kappa shape index (κ2) is 5.90. The minimum Gasteiger partial charge on any atom is -0.493 e. The summed E-state index contributed by atoms with van der Waals surface area (Å²) in [5.74, 6) is 0.940. The molecule has 0 bridgehead atoms. The molecule has 3 rings (SSSR count). The van der Waals surface area contributed by atoms with E-state index in [1.807, 2.05) is 36.4 Å². The van der Waals surface area contributed by atoms with E-state index >= 15 is 0 Å². The summed E-state index contributed by atoms with van der Waals surface area (Å²) in [4.78, 5) is 12.4. The lowest BCUT2D eigenvalue weighted by Gasteiger charge is -2.09. The molecular formula is C18H17ClO2. The number of ether oxygens (including phenoxy) is 1. The van der Waals surface area contributed by atoms with Crippen LogP contribution in [0.3, 0.4) is 0 Å². The molecule has 2 aromatic rings. The van der Waals surface area contributed by atoms with Crippen molar-refractivity contribution >= 4 is 17.4 Å². The topological polar surface area (TPSA) is 26.3 Å². The highest BCUT2D eigenvalue weighted by molar-refractivity contribution is 6.30. The Hall–Kier alpha value is -1.80. The Bertz CT molecular complexity index is 674. The van der Waals surface area contributed by atoms with Gasteiger partial charge >= 0.3 is 0 Å². The minimum atomic E-state index is 0.0950. The van der Waals surface area contributed by atoms with E-state index in [-0.39, 0.29) is 5.78 Å². The fourth-order valence-electron chi connectivity index (χ4n) is 2.68. The molecule has 1 aliphatic heterocycles. The lowest BCUT2D eigenvalue weighted by Crippen LogP contribution is -2.05. The quantitative estimate of drug-likeness (QED) is 0.789. The number of benzene rings is 2. The van der Waals surface area contributed by atoms with Crippen molar-refractivity contribution in [2.45, 2.75) is 26.2 Å². The number of ketones is 1. The van der Waals surface area contributed by atoms with E-state index in [9.17, 15) is 4.79 Å². The van der Waals surface area contributed by atoms with Gasteiger partial charge in [-0.2, -0.15) is 0 Å². The lowest BCUT2D eigenvalue weighted by molar-refractivity contribution is 0.0992. The smallest absolute Gasteiger partial charge is 0.167 e. The number of rotatable bonds is 4. The predicted molar refractivity (Wildman–Crippen MR) is 84.5 cm³/mol. The number of fused-ring (bicyclic) bond motifs is 1. The predicted octanol–water partition coefficient (Wildman–Crippen LogP) is 4.26. The van der Waals surface area contributed by atoms with Crippen molar-refractivity contribution < 1.29 is 9.53 Å². The van der Waals surface area contributed by atoms with E-state index in [1.54, 1.807) is 0 Å². The first-order valence-electron chi connectivity index (χ1n) is 7.23. The summed E-state index contributed by atoms with van der Waals surface area (Å²) < 4.78 is 5.65. The molecule has 2 aromatic carbocycles. The highest BCUT2D eigenvalue weighted by Gasteiger charge is 2.19. The van der Waals surface area contributed by atoms with Crippen LogP contribution >= 0.6 is 11.6 Å². The molecule has 0 aliphatic carbocycles. The molecule has 21 heavy (non-hydrogen) atoms. The SMILES string of the molecule is CCc1ccc(C(=O)Cc2cc(Cl)cc3c2OCC3)cc1. The van der Waals surface area contributed by atoms with Crippen LogP contribution in [0.15, 0.2) is 36.4 Å². The molecule has 0 fully saturated rings. The maximum Gasteiger partial charge on any atom is 0.167 e. The van der Waals surface area contributed by atoms with Gasteiger partial charge in [-0.3, -0.25) is 4.79 Å². The number of Topliss-reactive ketones (excluding diaryl/α,β-unsaturated/α-hetero) is 1. The van der Waals surface area contributed by atoms with Crippen LogP contribution in [0.1, 0.15) is 34.0 Å². The maximum absolute atomic E-state index is 12.4. The molecule has 0 N–H and O–H groups in total. The van der Waals surface area contributed by atoms with Crippen molar-refractivity contribution in [3.63, 3.8) is 0 Å². The number of hydrogen-bond donors (Lipinski definition) is 0. The van der Waals surface area contributed by atoms with Crippen molar-refractivity contribution in [3.8, 4) is 5.75 Å². The zero-order valence-electron chi connectivity index (χ0n) is 12.0. The second-order valence-electron chi connectivity index (χ2n) is 5.30. The largest absolute Gasteiger partial charge is 0.493 e. The van der Waals surface area contributed by atoms with Crippen molar-refractivity contribution in [3.05, 3.63) is 63.7 Å². The Morgan fingerprint density at radius 3 is 2.71 bits per heavy atom. The number of carbonyl (C=O) groups excluding carboxylic acids is 1. The molecule has 0 amide bonds. The lowest BCUT2D eigenvalue weighted by atomic mass is 9.99. The van der Waals surface area contributed by atoms with Crippen LogP contribution in [0.2, 0.25) is 5.02 Å². The van der Waals surface area contributed by atoms with Crippen LogP contribution in [0.5, 0.6) is 5.75 Å². The fraction of sp³-hybridized carbons (Fsp3) is 0.278. The van der Waals surface area contributed by atoms with Crippen molar-refractivity contribution in [1.82, 2.24) is 0 Å². The summed E-state index contributed by atoms with van der Waals surface area (Å²) >= 11 is 6.13. The van der Waals surface area contributed by atoms with Gasteiger partial charge in [-0.05, 0) is 29.7 Å². The van der Waals surface area contributed by atoms with E-state index in [2.05, 4.69) is 6.92 Å². The van der Waals surface area contributed by atoms with Gasteiger partial charge in [0.1, 0.15) is 5.75 Å². The molecule has 0 unspecified atom stereocenters. The number of aryl methyl sites for hydroxylation is 1. The van der Waals surface area contributed by atoms with E-state index in [4.69, 9.17) is 16.3 Å². The molecule has 2 nitrogen and oxygen atoms in total. The minimum absolute atomic E-state index is 0.0950. The van der Waals surface area contributed by atoms with Gasteiger partial charge in [0.2, 0.25) is 0 Å². The third kappa shape index (κ3) is 2.96. The maximum atomic E-state index is 12.4. The van der Waals surface area contributed by atoms with Gasteiger partial charge in [0, 0.05) is 29.0 Å². The van der Waals surface area contributed by atoms with Gasteiger partial charge < -0.3 is 4.74 Å². The third-order valence-electron chi connectivity index (χ3n) is 3.86. The first kappa shape index (κ1) is 14.2. The van der Waals surface area contributed by atoms with Gasteiger partial charge in [0.15, 0.2) is 5.78 Å². The molecule has 0 saturated carbocycles. The Balaban J connectivity index is 1.84. The van der Waals surface area contributed by atoms with Gasteiger partial charge in [-0.1, -0.05) is 42.8 Å². The average Bonchev–Trinajstić information content (AvgIpc) is 2.95. The van der Waals surface area contributed by atoms with Crippen molar-refractivity contribution in [2.24, 2.45) is 0 Å².